The minimum absolute atomic E-state index is 0.00100. The maximum atomic E-state index is 14.2. The SMILES string of the molecule is C[C@@H](COCCC[C@@](OCc1ccccc1)(C(=O)NNC(=O)O)C(F)(F)F)O[Si](C)(C)C(C)(C)C. The molecule has 12 heteroatoms. The van der Waals surface area contributed by atoms with Crippen molar-refractivity contribution in [3.05, 3.63) is 35.9 Å². The lowest BCUT2D eigenvalue weighted by Gasteiger charge is -2.38. The fourth-order valence-electron chi connectivity index (χ4n) is 2.98. The minimum Gasteiger partial charge on any atom is -0.464 e. The standard InChI is InChI=1S/C23H37F3N2O6Si/c1-17(34-35(5,6)21(2,3)4)15-32-14-10-13-22(23(24,25)26,19(29)27-28-20(30)31)33-16-18-11-8-7-9-12-18/h7-9,11-12,17,28H,10,13-16H2,1-6H3,(H,27,29)(H,30,31)/t17-,22+/m0/s1. The molecule has 1 aromatic carbocycles. The molecule has 0 fully saturated rings. The Balaban J connectivity index is 2.85. The van der Waals surface area contributed by atoms with Gasteiger partial charge in [-0.05, 0) is 43.5 Å². The summed E-state index contributed by atoms with van der Waals surface area (Å²) in [6.07, 6.45) is -8.02. The second kappa shape index (κ2) is 12.7. The molecule has 35 heavy (non-hydrogen) atoms. The van der Waals surface area contributed by atoms with E-state index in [0.717, 1.165) is 0 Å². The van der Waals surface area contributed by atoms with E-state index in [0.29, 0.717) is 5.56 Å². The van der Waals surface area contributed by atoms with E-state index in [1.807, 2.05) is 6.92 Å². The average molecular weight is 523 g/mol. The molecule has 0 spiro atoms. The molecule has 8 nitrogen and oxygen atoms in total. The number of nitrogens with one attached hydrogen (secondary N) is 2. The molecular formula is C23H37F3N2O6Si. The summed E-state index contributed by atoms with van der Waals surface area (Å²) in [5.41, 5.74) is 0.184. The molecule has 1 rings (SSSR count). The first-order valence-corrected chi connectivity index (χ1v) is 14.2. The molecule has 0 saturated carbocycles. The summed E-state index contributed by atoms with van der Waals surface area (Å²) >= 11 is 0. The quantitative estimate of drug-likeness (QED) is 0.202. The second-order valence-corrected chi connectivity index (χ2v) is 14.6. The van der Waals surface area contributed by atoms with Crippen LogP contribution in [0.25, 0.3) is 0 Å². The van der Waals surface area contributed by atoms with Crippen LogP contribution < -0.4 is 10.9 Å². The maximum absolute atomic E-state index is 14.2. The summed E-state index contributed by atoms with van der Waals surface area (Å²) in [5, 5.41) is 8.69. The molecule has 0 aliphatic heterocycles. The first-order valence-electron chi connectivity index (χ1n) is 11.3. The van der Waals surface area contributed by atoms with Gasteiger partial charge in [0.05, 0.1) is 19.3 Å². The minimum atomic E-state index is -5.12. The van der Waals surface area contributed by atoms with Crippen LogP contribution in [-0.2, 0) is 25.3 Å². The van der Waals surface area contributed by atoms with Gasteiger partial charge in [0.25, 0.3) is 5.91 Å². The Morgan fingerprint density at radius 2 is 1.69 bits per heavy atom. The number of halogens is 3. The van der Waals surface area contributed by atoms with Crippen molar-refractivity contribution in [1.82, 2.24) is 10.9 Å². The predicted molar refractivity (Wildman–Crippen MR) is 127 cm³/mol. The van der Waals surface area contributed by atoms with Crippen molar-refractivity contribution in [3.8, 4) is 0 Å². The van der Waals surface area contributed by atoms with Gasteiger partial charge in [-0.1, -0.05) is 51.1 Å². The van der Waals surface area contributed by atoms with E-state index in [2.05, 4.69) is 33.9 Å². The number of amides is 2. The van der Waals surface area contributed by atoms with Crippen LogP contribution in [0.2, 0.25) is 18.1 Å². The van der Waals surface area contributed by atoms with Crippen molar-refractivity contribution in [2.75, 3.05) is 13.2 Å². The highest BCUT2D eigenvalue weighted by molar-refractivity contribution is 6.74. The van der Waals surface area contributed by atoms with Crippen LogP contribution in [0.1, 0.15) is 46.1 Å². The lowest BCUT2D eigenvalue weighted by molar-refractivity contribution is -0.274. The Hall–Kier alpha value is -2.15. The summed E-state index contributed by atoms with van der Waals surface area (Å²) in [4.78, 5) is 23.2. The third-order valence-corrected chi connectivity index (χ3v) is 10.5. The third-order valence-electron chi connectivity index (χ3n) is 5.91. The highest BCUT2D eigenvalue weighted by atomic mass is 28.4. The van der Waals surface area contributed by atoms with Gasteiger partial charge < -0.3 is 19.0 Å². The number of hydrazine groups is 1. The zero-order chi connectivity index (χ0) is 26.9. The number of carbonyl (C=O) groups excluding carboxylic acids is 1. The van der Waals surface area contributed by atoms with Crippen molar-refractivity contribution < 1.29 is 41.8 Å². The monoisotopic (exact) mass is 522 g/mol. The van der Waals surface area contributed by atoms with Crippen LogP contribution in [0.5, 0.6) is 0 Å². The zero-order valence-electron chi connectivity index (χ0n) is 21.1. The number of hydrogen-bond acceptors (Lipinski definition) is 5. The predicted octanol–water partition coefficient (Wildman–Crippen LogP) is 5.01. The molecule has 0 bridgehead atoms. The van der Waals surface area contributed by atoms with E-state index in [4.69, 9.17) is 19.0 Å². The van der Waals surface area contributed by atoms with E-state index in [9.17, 15) is 22.8 Å². The number of rotatable bonds is 12. The molecule has 0 unspecified atom stereocenters. The Kier molecular flexibility index (Phi) is 11.2. The van der Waals surface area contributed by atoms with Gasteiger partial charge in [0.15, 0.2) is 8.32 Å². The highest BCUT2D eigenvalue weighted by Crippen LogP contribution is 2.39. The van der Waals surface area contributed by atoms with Crippen LogP contribution in [0.3, 0.4) is 0 Å². The molecular weight excluding hydrogens is 485 g/mol. The molecule has 0 aliphatic rings. The first-order chi connectivity index (χ1) is 16.0. The Morgan fingerprint density at radius 1 is 1.09 bits per heavy atom. The Bertz CT molecular complexity index is 818. The lowest BCUT2D eigenvalue weighted by atomic mass is 9.95. The average Bonchev–Trinajstić information content (AvgIpc) is 2.72. The molecule has 2 atom stereocenters. The van der Waals surface area contributed by atoms with E-state index in [1.54, 1.807) is 35.8 Å². The second-order valence-electron chi connectivity index (χ2n) is 9.85. The molecule has 0 aliphatic carbocycles. The molecule has 0 saturated heterocycles. The van der Waals surface area contributed by atoms with E-state index >= 15 is 0 Å². The van der Waals surface area contributed by atoms with Gasteiger partial charge in [-0.3, -0.25) is 10.2 Å². The van der Waals surface area contributed by atoms with Crippen molar-refractivity contribution in [2.24, 2.45) is 0 Å². The van der Waals surface area contributed by atoms with Gasteiger partial charge in [-0.15, -0.1) is 0 Å². The van der Waals surface area contributed by atoms with Gasteiger partial charge in [-0.2, -0.15) is 13.2 Å². The number of carboxylic acid groups (broad SMARTS) is 1. The van der Waals surface area contributed by atoms with Crippen LogP contribution >= 0.6 is 0 Å². The zero-order valence-corrected chi connectivity index (χ0v) is 22.1. The molecule has 1 aromatic rings. The molecule has 3 N–H and O–H groups in total. The number of hydrogen-bond donors (Lipinski definition) is 3. The van der Waals surface area contributed by atoms with E-state index in [-0.39, 0.29) is 30.8 Å². The summed E-state index contributed by atoms with van der Waals surface area (Å²) in [5.74, 6) is -1.65. The van der Waals surface area contributed by atoms with E-state index in [1.165, 1.54) is 5.43 Å². The van der Waals surface area contributed by atoms with Crippen LogP contribution in [0.4, 0.5) is 18.0 Å². The van der Waals surface area contributed by atoms with Crippen molar-refractivity contribution in [3.63, 3.8) is 0 Å². The smallest absolute Gasteiger partial charge is 0.426 e. The lowest BCUT2D eigenvalue weighted by Crippen LogP contribution is -2.61. The number of carbonyl (C=O) groups is 2. The molecule has 0 radical (unpaired) electrons. The van der Waals surface area contributed by atoms with Crippen molar-refractivity contribution in [1.29, 1.82) is 0 Å². The van der Waals surface area contributed by atoms with Gasteiger partial charge >= 0.3 is 12.3 Å². The number of ether oxygens (including phenoxy) is 2. The number of benzene rings is 1. The van der Waals surface area contributed by atoms with Crippen LogP contribution in [-0.4, -0.2) is 56.5 Å². The van der Waals surface area contributed by atoms with Crippen molar-refractivity contribution in [2.45, 2.75) is 83.2 Å². The Morgan fingerprint density at radius 3 is 2.20 bits per heavy atom. The number of alkyl halides is 3. The van der Waals surface area contributed by atoms with Gasteiger partial charge in [-0.25, -0.2) is 10.2 Å². The maximum Gasteiger partial charge on any atom is 0.426 e. The summed E-state index contributed by atoms with van der Waals surface area (Å²) < 4.78 is 59.4. The third kappa shape index (κ3) is 9.43. The van der Waals surface area contributed by atoms with Gasteiger partial charge in [0.1, 0.15) is 0 Å². The van der Waals surface area contributed by atoms with Gasteiger partial charge in [0.2, 0.25) is 5.60 Å². The van der Waals surface area contributed by atoms with Gasteiger partial charge in [0, 0.05) is 6.61 Å². The summed E-state index contributed by atoms with van der Waals surface area (Å²) in [6, 6.07) is 8.06. The fourth-order valence-corrected chi connectivity index (χ4v) is 4.41. The van der Waals surface area contributed by atoms with E-state index < -0.39 is 45.1 Å². The summed E-state index contributed by atoms with van der Waals surface area (Å²) in [6.45, 7) is 11.9. The largest absolute Gasteiger partial charge is 0.464 e. The Labute approximate surface area is 205 Å². The van der Waals surface area contributed by atoms with Crippen LogP contribution in [0, 0.1) is 0 Å². The molecule has 0 aromatic heterocycles. The highest BCUT2D eigenvalue weighted by Gasteiger charge is 2.61. The molecule has 0 heterocycles. The fraction of sp³-hybridized carbons (Fsp3) is 0.652. The molecule has 200 valence electrons. The van der Waals surface area contributed by atoms with Crippen LogP contribution in [0.15, 0.2) is 30.3 Å². The first kappa shape index (κ1) is 30.9. The summed E-state index contributed by atoms with van der Waals surface area (Å²) in [7, 11) is -2.02. The van der Waals surface area contributed by atoms with Crippen molar-refractivity contribution >= 4 is 20.3 Å². The molecule has 2 amide bonds. The topological polar surface area (TPSA) is 106 Å². The normalized spacial score (nSPS) is 15.2.